The molecule has 1 atom stereocenters. The fourth-order valence-corrected chi connectivity index (χ4v) is 3.86. The summed E-state index contributed by atoms with van der Waals surface area (Å²) in [5.41, 5.74) is 3.80. The van der Waals surface area contributed by atoms with Crippen molar-refractivity contribution < 1.29 is 14.1 Å². The Morgan fingerprint density at radius 2 is 1.93 bits per heavy atom. The van der Waals surface area contributed by atoms with Crippen LogP contribution < -0.4 is 5.32 Å². The van der Waals surface area contributed by atoms with E-state index in [9.17, 15) is 4.79 Å². The minimum absolute atomic E-state index is 0.153. The lowest BCUT2D eigenvalue weighted by molar-refractivity contribution is 0.0468. The lowest BCUT2D eigenvalue weighted by Crippen LogP contribution is -2.36. The second kappa shape index (κ2) is 8.79. The number of hydrogen-bond acceptors (Lipinski definition) is 6. The van der Waals surface area contributed by atoms with Crippen LogP contribution in [0.25, 0.3) is 0 Å². The molecule has 1 aliphatic heterocycles. The lowest BCUT2D eigenvalue weighted by atomic mass is 9.91. The highest BCUT2D eigenvalue weighted by molar-refractivity contribution is 5.94. The number of aromatic nitrogens is 4. The van der Waals surface area contributed by atoms with Crippen LogP contribution in [0.15, 0.2) is 34.9 Å². The number of nitrogens with one attached hydrogen (secondary N) is 1. The molecule has 158 valence electrons. The van der Waals surface area contributed by atoms with E-state index in [4.69, 9.17) is 9.26 Å². The van der Waals surface area contributed by atoms with Gasteiger partial charge in [0.05, 0.1) is 12.2 Å². The number of hydrogen-bond donors (Lipinski definition) is 1. The topological polar surface area (TPSA) is 95.1 Å². The molecule has 0 saturated carbocycles. The average Bonchev–Trinajstić information content (AvgIpc) is 3.31. The van der Waals surface area contributed by atoms with E-state index in [2.05, 4.69) is 26.6 Å². The van der Waals surface area contributed by atoms with Gasteiger partial charge in [-0.15, -0.1) is 0 Å². The fourth-order valence-electron chi connectivity index (χ4n) is 3.86. The van der Waals surface area contributed by atoms with Crippen LogP contribution in [0.1, 0.15) is 57.9 Å². The Morgan fingerprint density at radius 3 is 2.53 bits per heavy atom. The van der Waals surface area contributed by atoms with E-state index in [-0.39, 0.29) is 17.9 Å². The van der Waals surface area contributed by atoms with Crippen LogP contribution in [-0.4, -0.2) is 39.0 Å². The third-order valence-electron chi connectivity index (χ3n) is 5.49. The van der Waals surface area contributed by atoms with Crippen LogP contribution in [-0.2, 0) is 11.3 Å². The molecule has 1 N–H and O–H groups in total. The standard InChI is InChI=1S/C22H27N5O3/c1-14-12-15(2)27(25-14)13-17-4-6-19(7-5-17)21(28)24-20(18-8-10-29-11-9-18)22-23-16(3)26-30-22/h4-7,12,18,20H,8-11,13H2,1-3H3,(H,24,28)/t20-/m1/s1. The molecule has 8 heteroatoms. The van der Waals surface area contributed by atoms with Crippen molar-refractivity contribution in [2.24, 2.45) is 5.92 Å². The summed E-state index contributed by atoms with van der Waals surface area (Å²) in [6.07, 6.45) is 1.68. The quantitative estimate of drug-likeness (QED) is 0.672. The molecule has 1 amide bonds. The number of rotatable bonds is 6. The summed E-state index contributed by atoms with van der Waals surface area (Å²) in [5, 5.41) is 11.5. The third-order valence-corrected chi connectivity index (χ3v) is 5.49. The summed E-state index contributed by atoms with van der Waals surface area (Å²) in [4.78, 5) is 17.3. The Hall–Kier alpha value is -3.00. The molecule has 2 aromatic heterocycles. The molecule has 8 nitrogen and oxygen atoms in total. The van der Waals surface area contributed by atoms with Gasteiger partial charge in [0.25, 0.3) is 5.91 Å². The van der Waals surface area contributed by atoms with E-state index in [0.717, 1.165) is 29.8 Å². The van der Waals surface area contributed by atoms with Gasteiger partial charge in [0.15, 0.2) is 5.82 Å². The van der Waals surface area contributed by atoms with Crippen molar-refractivity contribution in [2.45, 2.75) is 46.2 Å². The van der Waals surface area contributed by atoms with Gasteiger partial charge in [-0.05, 0) is 63.3 Å². The molecule has 30 heavy (non-hydrogen) atoms. The van der Waals surface area contributed by atoms with Gasteiger partial charge in [0, 0.05) is 24.5 Å². The zero-order valence-corrected chi connectivity index (χ0v) is 17.6. The van der Waals surface area contributed by atoms with Gasteiger partial charge < -0.3 is 14.6 Å². The van der Waals surface area contributed by atoms with Crippen LogP contribution >= 0.6 is 0 Å². The normalized spacial score (nSPS) is 15.8. The first-order chi connectivity index (χ1) is 14.5. The van der Waals surface area contributed by atoms with E-state index in [1.54, 1.807) is 6.92 Å². The molecule has 0 radical (unpaired) electrons. The van der Waals surface area contributed by atoms with E-state index in [1.807, 2.05) is 42.8 Å². The summed E-state index contributed by atoms with van der Waals surface area (Å²) >= 11 is 0. The maximum atomic E-state index is 13.0. The number of benzene rings is 1. The van der Waals surface area contributed by atoms with Crippen molar-refractivity contribution in [3.8, 4) is 0 Å². The first-order valence-electron chi connectivity index (χ1n) is 10.3. The van der Waals surface area contributed by atoms with Crippen molar-refractivity contribution in [2.75, 3.05) is 13.2 Å². The van der Waals surface area contributed by atoms with Crippen molar-refractivity contribution in [1.82, 2.24) is 25.2 Å². The van der Waals surface area contributed by atoms with Gasteiger partial charge in [-0.1, -0.05) is 17.3 Å². The highest BCUT2D eigenvalue weighted by Crippen LogP contribution is 2.29. The third kappa shape index (κ3) is 4.59. The molecule has 1 fully saturated rings. The Morgan fingerprint density at radius 1 is 1.20 bits per heavy atom. The zero-order valence-electron chi connectivity index (χ0n) is 17.6. The summed E-state index contributed by atoms with van der Waals surface area (Å²) < 4.78 is 12.8. The second-order valence-corrected chi connectivity index (χ2v) is 7.86. The summed E-state index contributed by atoms with van der Waals surface area (Å²) in [6.45, 7) is 7.81. The zero-order chi connectivity index (χ0) is 21.1. The Kier molecular flexibility index (Phi) is 5.94. The Bertz CT molecular complexity index is 1000. The SMILES string of the molecule is Cc1cc(C)n(Cc2ccc(C(=O)N[C@@H](c3nc(C)no3)C3CCOCC3)cc2)n1. The Balaban J connectivity index is 1.47. The number of carbonyl (C=O) groups is 1. The molecular formula is C22H27N5O3. The molecule has 4 rings (SSSR count). The molecule has 0 aliphatic carbocycles. The van der Waals surface area contributed by atoms with Gasteiger partial charge >= 0.3 is 0 Å². The Labute approximate surface area is 175 Å². The van der Waals surface area contributed by atoms with E-state index in [1.165, 1.54) is 0 Å². The van der Waals surface area contributed by atoms with Gasteiger partial charge in [0.2, 0.25) is 5.89 Å². The lowest BCUT2D eigenvalue weighted by Gasteiger charge is -2.28. The molecule has 1 aromatic carbocycles. The monoisotopic (exact) mass is 409 g/mol. The van der Waals surface area contributed by atoms with Gasteiger partial charge in [0.1, 0.15) is 6.04 Å². The number of ether oxygens (including phenoxy) is 1. The smallest absolute Gasteiger partial charge is 0.251 e. The first kappa shape index (κ1) is 20.3. The van der Waals surface area contributed by atoms with Gasteiger partial charge in [-0.3, -0.25) is 9.48 Å². The molecular weight excluding hydrogens is 382 g/mol. The minimum Gasteiger partial charge on any atom is -0.381 e. The fraction of sp³-hybridized carbons (Fsp3) is 0.455. The maximum absolute atomic E-state index is 13.0. The highest BCUT2D eigenvalue weighted by Gasteiger charge is 2.31. The molecule has 1 aliphatic rings. The van der Waals surface area contributed by atoms with Crippen molar-refractivity contribution in [1.29, 1.82) is 0 Å². The number of carbonyl (C=O) groups excluding carboxylic acids is 1. The largest absolute Gasteiger partial charge is 0.381 e. The molecule has 3 aromatic rings. The second-order valence-electron chi connectivity index (χ2n) is 7.86. The summed E-state index contributed by atoms with van der Waals surface area (Å²) in [7, 11) is 0. The highest BCUT2D eigenvalue weighted by atomic mass is 16.5. The first-order valence-corrected chi connectivity index (χ1v) is 10.3. The van der Waals surface area contributed by atoms with Crippen molar-refractivity contribution >= 4 is 5.91 Å². The van der Waals surface area contributed by atoms with E-state index in [0.29, 0.717) is 37.0 Å². The van der Waals surface area contributed by atoms with E-state index >= 15 is 0 Å². The van der Waals surface area contributed by atoms with Crippen molar-refractivity contribution in [3.05, 3.63) is 64.6 Å². The van der Waals surface area contributed by atoms with Crippen LogP contribution in [0.2, 0.25) is 0 Å². The molecule has 0 bridgehead atoms. The van der Waals surface area contributed by atoms with Crippen LogP contribution in [0.3, 0.4) is 0 Å². The number of aryl methyl sites for hydroxylation is 3. The predicted molar refractivity (Wildman–Crippen MR) is 110 cm³/mol. The van der Waals surface area contributed by atoms with Gasteiger partial charge in [-0.2, -0.15) is 10.1 Å². The molecule has 3 heterocycles. The summed E-state index contributed by atoms with van der Waals surface area (Å²) in [6, 6.07) is 9.35. The molecule has 0 unspecified atom stereocenters. The van der Waals surface area contributed by atoms with Crippen LogP contribution in [0.4, 0.5) is 0 Å². The predicted octanol–water partition coefficient (Wildman–Crippen LogP) is 3.14. The number of nitrogens with zero attached hydrogens (tertiary/aromatic N) is 4. The average molecular weight is 409 g/mol. The van der Waals surface area contributed by atoms with Crippen molar-refractivity contribution in [3.63, 3.8) is 0 Å². The number of amides is 1. The summed E-state index contributed by atoms with van der Waals surface area (Å²) in [5.74, 6) is 1.06. The van der Waals surface area contributed by atoms with Crippen LogP contribution in [0, 0.1) is 26.7 Å². The maximum Gasteiger partial charge on any atom is 0.251 e. The molecule has 1 saturated heterocycles. The van der Waals surface area contributed by atoms with E-state index < -0.39 is 0 Å². The molecule has 0 spiro atoms. The van der Waals surface area contributed by atoms with Crippen LogP contribution in [0.5, 0.6) is 0 Å². The minimum atomic E-state index is -0.322. The van der Waals surface area contributed by atoms with Gasteiger partial charge in [-0.25, -0.2) is 0 Å².